The highest BCUT2D eigenvalue weighted by Crippen LogP contribution is 2.27. The molecule has 4 aromatic rings. The number of amides is 1. The van der Waals surface area contributed by atoms with Crippen LogP contribution >= 0.6 is 0 Å². The Hall–Kier alpha value is -4.00. The number of nitrogens with one attached hydrogen (secondary N) is 1. The molecule has 0 unspecified atom stereocenters. The van der Waals surface area contributed by atoms with Crippen LogP contribution < -0.4 is 10.1 Å². The van der Waals surface area contributed by atoms with E-state index < -0.39 is 0 Å². The molecule has 0 aliphatic rings. The van der Waals surface area contributed by atoms with Crippen LogP contribution in [0.3, 0.4) is 0 Å². The first-order valence-corrected chi connectivity index (χ1v) is 8.57. The zero-order chi connectivity index (χ0) is 19.3. The molecule has 138 valence electrons. The van der Waals surface area contributed by atoms with Crippen molar-refractivity contribution >= 4 is 11.6 Å². The van der Waals surface area contributed by atoms with E-state index in [1.165, 1.54) is 6.92 Å². The quantitative estimate of drug-likeness (QED) is 0.553. The predicted molar refractivity (Wildman–Crippen MR) is 104 cm³/mol. The fraction of sp³-hybridized carbons (Fsp3) is 0.0476. The number of carbonyl (C=O) groups excluding carboxylic acids is 1. The maximum atomic E-state index is 11.1. The molecule has 0 spiro atoms. The molecule has 0 fully saturated rings. The van der Waals surface area contributed by atoms with Crippen molar-refractivity contribution in [3.05, 3.63) is 73.1 Å². The molecule has 0 atom stereocenters. The lowest BCUT2D eigenvalue weighted by atomic mass is 10.2. The predicted octanol–water partition coefficient (Wildman–Crippen LogP) is 4.55. The van der Waals surface area contributed by atoms with Gasteiger partial charge in [0, 0.05) is 36.1 Å². The van der Waals surface area contributed by atoms with Gasteiger partial charge in [-0.25, -0.2) is 0 Å². The van der Waals surface area contributed by atoms with Gasteiger partial charge in [0.15, 0.2) is 0 Å². The van der Waals surface area contributed by atoms with E-state index >= 15 is 0 Å². The summed E-state index contributed by atoms with van der Waals surface area (Å²) in [5.74, 6) is 2.17. The van der Waals surface area contributed by atoms with Gasteiger partial charge in [0.05, 0.1) is 0 Å². The third-order valence-corrected chi connectivity index (χ3v) is 3.88. The van der Waals surface area contributed by atoms with Gasteiger partial charge >= 0.3 is 0 Å². The van der Waals surface area contributed by atoms with Gasteiger partial charge in [-0.1, -0.05) is 5.16 Å². The standard InChI is InChI=1S/C21H16N4O3/c1-14(26)23-17-4-8-19(9-5-17)27-18-6-2-15(3-7-18)20-24-21(28-25-20)16-10-12-22-13-11-16/h2-13H,1H3,(H,23,26). The Morgan fingerprint density at radius 3 is 2.18 bits per heavy atom. The fourth-order valence-corrected chi connectivity index (χ4v) is 2.57. The molecule has 2 aromatic heterocycles. The molecule has 7 heteroatoms. The molecule has 28 heavy (non-hydrogen) atoms. The first-order chi connectivity index (χ1) is 13.7. The Bertz CT molecular complexity index is 1070. The number of carbonyl (C=O) groups is 1. The summed E-state index contributed by atoms with van der Waals surface area (Å²) in [6.07, 6.45) is 3.35. The van der Waals surface area contributed by atoms with E-state index in [2.05, 4.69) is 20.4 Å². The Kier molecular flexibility index (Phi) is 4.79. The van der Waals surface area contributed by atoms with Crippen LogP contribution in [0.25, 0.3) is 22.8 Å². The largest absolute Gasteiger partial charge is 0.457 e. The first-order valence-electron chi connectivity index (χ1n) is 8.57. The minimum Gasteiger partial charge on any atom is -0.457 e. The molecule has 0 saturated heterocycles. The van der Waals surface area contributed by atoms with Crippen LogP contribution in [0, 0.1) is 0 Å². The summed E-state index contributed by atoms with van der Waals surface area (Å²) < 4.78 is 11.1. The molecule has 0 bridgehead atoms. The van der Waals surface area contributed by atoms with Crippen molar-refractivity contribution in [3.8, 4) is 34.3 Å². The number of anilines is 1. The highest BCUT2D eigenvalue weighted by Gasteiger charge is 2.10. The SMILES string of the molecule is CC(=O)Nc1ccc(Oc2ccc(-c3noc(-c4ccncc4)n3)cc2)cc1. The Morgan fingerprint density at radius 1 is 0.893 bits per heavy atom. The minimum absolute atomic E-state index is 0.113. The van der Waals surface area contributed by atoms with E-state index in [-0.39, 0.29) is 5.91 Å². The molecule has 0 radical (unpaired) electrons. The molecule has 1 amide bonds. The van der Waals surface area contributed by atoms with Gasteiger partial charge in [-0.15, -0.1) is 0 Å². The molecule has 2 aromatic carbocycles. The van der Waals surface area contributed by atoms with Gasteiger partial charge in [0.1, 0.15) is 11.5 Å². The van der Waals surface area contributed by atoms with Crippen LogP contribution in [0.4, 0.5) is 5.69 Å². The lowest BCUT2D eigenvalue weighted by Crippen LogP contribution is -2.05. The smallest absolute Gasteiger partial charge is 0.258 e. The van der Waals surface area contributed by atoms with E-state index in [0.29, 0.717) is 23.2 Å². The maximum Gasteiger partial charge on any atom is 0.258 e. The molecule has 0 saturated carbocycles. The maximum absolute atomic E-state index is 11.1. The van der Waals surface area contributed by atoms with E-state index in [4.69, 9.17) is 9.26 Å². The van der Waals surface area contributed by atoms with E-state index in [9.17, 15) is 4.79 Å². The number of hydrogen-bond acceptors (Lipinski definition) is 6. The van der Waals surface area contributed by atoms with Gasteiger partial charge in [-0.3, -0.25) is 9.78 Å². The lowest BCUT2D eigenvalue weighted by molar-refractivity contribution is -0.114. The average Bonchev–Trinajstić information content (AvgIpc) is 3.21. The highest BCUT2D eigenvalue weighted by atomic mass is 16.5. The number of nitrogens with zero attached hydrogens (tertiary/aromatic N) is 3. The summed E-state index contributed by atoms with van der Waals surface area (Å²) in [4.78, 5) is 19.4. The normalized spacial score (nSPS) is 10.5. The first kappa shape index (κ1) is 17.4. The summed E-state index contributed by atoms with van der Waals surface area (Å²) in [5, 5.41) is 6.74. The van der Waals surface area contributed by atoms with Crippen molar-refractivity contribution in [2.75, 3.05) is 5.32 Å². The van der Waals surface area contributed by atoms with Crippen molar-refractivity contribution in [3.63, 3.8) is 0 Å². The van der Waals surface area contributed by atoms with E-state index in [1.54, 1.807) is 36.7 Å². The molecular weight excluding hydrogens is 356 g/mol. The lowest BCUT2D eigenvalue weighted by Gasteiger charge is -2.07. The van der Waals surface area contributed by atoms with Crippen LogP contribution in [-0.4, -0.2) is 21.0 Å². The molecular formula is C21H16N4O3. The Morgan fingerprint density at radius 2 is 1.54 bits per heavy atom. The van der Waals surface area contributed by atoms with Crippen LogP contribution in [0.1, 0.15) is 6.92 Å². The summed E-state index contributed by atoms with van der Waals surface area (Å²) in [6.45, 7) is 1.47. The number of benzene rings is 2. The second kappa shape index (κ2) is 7.71. The summed E-state index contributed by atoms with van der Waals surface area (Å²) in [7, 11) is 0. The molecule has 1 N–H and O–H groups in total. The number of rotatable bonds is 5. The zero-order valence-electron chi connectivity index (χ0n) is 15.0. The van der Waals surface area contributed by atoms with Crippen molar-refractivity contribution in [1.82, 2.24) is 15.1 Å². The van der Waals surface area contributed by atoms with Crippen LogP contribution in [0.2, 0.25) is 0 Å². The van der Waals surface area contributed by atoms with Crippen molar-refractivity contribution < 1.29 is 14.1 Å². The second-order valence-electron chi connectivity index (χ2n) is 5.99. The summed E-state index contributed by atoms with van der Waals surface area (Å²) in [5.41, 5.74) is 2.35. The summed E-state index contributed by atoms with van der Waals surface area (Å²) >= 11 is 0. The number of hydrogen-bond donors (Lipinski definition) is 1. The zero-order valence-corrected chi connectivity index (χ0v) is 15.0. The van der Waals surface area contributed by atoms with Gasteiger partial charge in [-0.05, 0) is 60.7 Å². The average molecular weight is 372 g/mol. The number of ether oxygens (including phenoxy) is 1. The molecule has 7 nitrogen and oxygen atoms in total. The monoisotopic (exact) mass is 372 g/mol. The van der Waals surface area contributed by atoms with Crippen molar-refractivity contribution in [2.24, 2.45) is 0 Å². The van der Waals surface area contributed by atoms with Gasteiger partial charge in [-0.2, -0.15) is 4.98 Å². The van der Waals surface area contributed by atoms with Crippen LogP contribution in [0.15, 0.2) is 77.6 Å². The number of aromatic nitrogens is 3. The highest BCUT2D eigenvalue weighted by molar-refractivity contribution is 5.88. The van der Waals surface area contributed by atoms with Gasteiger partial charge in [0.25, 0.3) is 5.89 Å². The van der Waals surface area contributed by atoms with Crippen LogP contribution in [-0.2, 0) is 4.79 Å². The molecule has 0 aliphatic heterocycles. The second-order valence-corrected chi connectivity index (χ2v) is 5.99. The van der Waals surface area contributed by atoms with Crippen LogP contribution in [0.5, 0.6) is 11.5 Å². The van der Waals surface area contributed by atoms with Crippen molar-refractivity contribution in [2.45, 2.75) is 6.92 Å². The fourth-order valence-electron chi connectivity index (χ4n) is 2.57. The van der Waals surface area contributed by atoms with Gasteiger partial charge in [0.2, 0.25) is 11.7 Å². The van der Waals surface area contributed by atoms with Crippen molar-refractivity contribution in [1.29, 1.82) is 0 Å². The molecule has 0 aliphatic carbocycles. The number of pyridine rings is 1. The Balaban J connectivity index is 1.45. The van der Waals surface area contributed by atoms with E-state index in [0.717, 1.165) is 16.8 Å². The van der Waals surface area contributed by atoms with Gasteiger partial charge < -0.3 is 14.6 Å². The topological polar surface area (TPSA) is 90.1 Å². The van der Waals surface area contributed by atoms with E-state index in [1.807, 2.05) is 36.4 Å². The minimum atomic E-state index is -0.113. The third kappa shape index (κ3) is 4.04. The molecule has 4 rings (SSSR count). The summed E-state index contributed by atoms with van der Waals surface area (Å²) in [6, 6.07) is 18.2. The molecule has 2 heterocycles. The Labute approximate surface area is 161 Å². The third-order valence-electron chi connectivity index (χ3n) is 3.88.